The largest absolute Gasteiger partial charge is 0.390 e. The van der Waals surface area contributed by atoms with Crippen LogP contribution < -0.4 is 10.6 Å². The van der Waals surface area contributed by atoms with Crippen molar-refractivity contribution in [3.8, 4) is 0 Å². The van der Waals surface area contributed by atoms with Gasteiger partial charge < -0.3 is 10.6 Å². The average molecular weight is 310 g/mol. The summed E-state index contributed by atoms with van der Waals surface area (Å²) in [5, 5.41) is 4.49. The van der Waals surface area contributed by atoms with Gasteiger partial charge in [-0.15, -0.1) is 0 Å². The predicted octanol–water partition coefficient (Wildman–Crippen LogP) is 3.47. The van der Waals surface area contributed by atoms with Gasteiger partial charge in [-0.1, -0.05) is 6.92 Å². The summed E-state index contributed by atoms with van der Waals surface area (Å²) in [7, 11) is 0. The molecule has 21 heavy (non-hydrogen) atoms. The Balaban J connectivity index is 2.73. The first-order valence-electron chi connectivity index (χ1n) is 6.32. The van der Waals surface area contributed by atoms with E-state index in [1.807, 2.05) is 12.2 Å². The molecule has 0 fully saturated rings. The smallest absolute Gasteiger partial charge is 0.380 e. The van der Waals surface area contributed by atoms with E-state index in [9.17, 15) is 26.7 Å². The van der Waals surface area contributed by atoms with Gasteiger partial charge in [0.15, 0.2) is 0 Å². The number of benzene rings is 1. The van der Waals surface area contributed by atoms with E-state index >= 15 is 0 Å². The van der Waals surface area contributed by atoms with Crippen molar-refractivity contribution in [3.05, 3.63) is 29.3 Å². The minimum Gasteiger partial charge on any atom is -0.380 e. The molecule has 0 aliphatic heterocycles. The van der Waals surface area contributed by atoms with Crippen LogP contribution >= 0.6 is 0 Å². The molecule has 8 heteroatoms. The van der Waals surface area contributed by atoms with Crippen molar-refractivity contribution >= 4 is 11.6 Å². The number of halogens is 5. The summed E-state index contributed by atoms with van der Waals surface area (Å²) in [6.45, 7) is 1.51. The summed E-state index contributed by atoms with van der Waals surface area (Å²) in [5.41, 5.74) is -0.724. The summed E-state index contributed by atoms with van der Waals surface area (Å²) in [6.07, 6.45) is -4.96. The predicted molar refractivity (Wildman–Crippen MR) is 68.1 cm³/mol. The molecule has 0 atom stereocenters. The second kappa shape index (κ2) is 7.24. The summed E-state index contributed by atoms with van der Waals surface area (Å²) >= 11 is 0. The Morgan fingerprint density at radius 2 is 1.71 bits per heavy atom. The zero-order chi connectivity index (χ0) is 16.0. The summed E-state index contributed by atoms with van der Waals surface area (Å²) in [5.74, 6) is -2.90. The standard InChI is InChI=1S/C13H15F5N2O/c1-2-4-19-11-9(14)6-8(7-10(11)15)12(21)20-5-3-13(16,17)18/h6-7,19H,2-5H2,1H3,(H,20,21). The molecule has 2 N–H and O–H groups in total. The lowest BCUT2D eigenvalue weighted by atomic mass is 10.1. The van der Waals surface area contributed by atoms with E-state index in [0.717, 1.165) is 12.1 Å². The Hall–Kier alpha value is -1.86. The normalized spacial score (nSPS) is 11.3. The van der Waals surface area contributed by atoms with Gasteiger partial charge in [0.2, 0.25) is 0 Å². The van der Waals surface area contributed by atoms with Crippen LogP contribution in [0.1, 0.15) is 30.1 Å². The van der Waals surface area contributed by atoms with Gasteiger partial charge in [0, 0.05) is 18.7 Å². The van der Waals surface area contributed by atoms with Crippen LogP contribution in [0.4, 0.5) is 27.6 Å². The van der Waals surface area contributed by atoms with Crippen molar-refractivity contribution in [2.45, 2.75) is 25.9 Å². The van der Waals surface area contributed by atoms with Crippen molar-refractivity contribution in [3.63, 3.8) is 0 Å². The maximum absolute atomic E-state index is 13.6. The van der Waals surface area contributed by atoms with Crippen molar-refractivity contribution < 1.29 is 26.7 Å². The summed E-state index contributed by atoms with van der Waals surface area (Å²) in [4.78, 5) is 11.5. The van der Waals surface area contributed by atoms with Crippen molar-refractivity contribution in [1.82, 2.24) is 5.32 Å². The Morgan fingerprint density at radius 3 is 2.19 bits per heavy atom. The van der Waals surface area contributed by atoms with Crippen LogP contribution in [0.15, 0.2) is 12.1 Å². The fraction of sp³-hybridized carbons (Fsp3) is 0.462. The fourth-order valence-corrected chi connectivity index (χ4v) is 1.54. The number of hydrogen-bond donors (Lipinski definition) is 2. The highest BCUT2D eigenvalue weighted by molar-refractivity contribution is 5.94. The monoisotopic (exact) mass is 310 g/mol. The van der Waals surface area contributed by atoms with E-state index in [1.54, 1.807) is 0 Å². The molecule has 0 aromatic heterocycles. The molecule has 1 amide bonds. The highest BCUT2D eigenvalue weighted by atomic mass is 19.4. The second-order valence-electron chi connectivity index (χ2n) is 4.36. The third-order valence-electron chi connectivity index (χ3n) is 2.55. The van der Waals surface area contributed by atoms with E-state index in [0.29, 0.717) is 13.0 Å². The lowest BCUT2D eigenvalue weighted by Crippen LogP contribution is -2.28. The minimum atomic E-state index is -4.41. The van der Waals surface area contributed by atoms with Crippen LogP contribution in [0.2, 0.25) is 0 Å². The molecular weight excluding hydrogens is 295 g/mol. The maximum Gasteiger partial charge on any atom is 0.390 e. The van der Waals surface area contributed by atoms with Gasteiger partial charge in [-0.05, 0) is 18.6 Å². The highest BCUT2D eigenvalue weighted by Gasteiger charge is 2.26. The third-order valence-corrected chi connectivity index (χ3v) is 2.55. The Kier molecular flexibility index (Phi) is 5.92. The second-order valence-corrected chi connectivity index (χ2v) is 4.36. The van der Waals surface area contributed by atoms with Gasteiger partial charge in [0.25, 0.3) is 5.91 Å². The van der Waals surface area contributed by atoms with Crippen LogP contribution in [0.3, 0.4) is 0 Å². The Morgan fingerprint density at radius 1 is 1.14 bits per heavy atom. The van der Waals surface area contributed by atoms with Gasteiger partial charge in [0.05, 0.1) is 6.42 Å². The minimum absolute atomic E-state index is 0.352. The lowest BCUT2D eigenvalue weighted by molar-refractivity contribution is -0.132. The lowest BCUT2D eigenvalue weighted by Gasteiger charge is -2.11. The third kappa shape index (κ3) is 5.57. The van der Waals surface area contributed by atoms with Crippen molar-refractivity contribution in [2.75, 3.05) is 18.4 Å². The van der Waals surface area contributed by atoms with E-state index < -0.39 is 36.7 Å². The van der Waals surface area contributed by atoms with Crippen molar-refractivity contribution in [1.29, 1.82) is 0 Å². The number of hydrogen-bond acceptors (Lipinski definition) is 2. The number of carbonyl (C=O) groups excluding carboxylic acids is 1. The highest BCUT2D eigenvalue weighted by Crippen LogP contribution is 2.21. The van der Waals surface area contributed by atoms with Gasteiger partial charge in [-0.25, -0.2) is 8.78 Å². The van der Waals surface area contributed by atoms with E-state index in [-0.39, 0.29) is 11.3 Å². The quantitative estimate of drug-likeness (QED) is 0.790. The van der Waals surface area contributed by atoms with E-state index in [2.05, 4.69) is 5.32 Å². The molecule has 0 aliphatic rings. The molecular formula is C13H15F5N2O. The van der Waals surface area contributed by atoms with Crippen LogP contribution in [-0.2, 0) is 0 Å². The first-order chi connectivity index (χ1) is 9.74. The number of nitrogens with one attached hydrogen (secondary N) is 2. The molecule has 0 radical (unpaired) electrons. The first kappa shape index (κ1) is 17.2. The molecule has 0 aliphatic carbocycles. The zero-order valence-corrected chi connectivity index (χ0v) is 11.3. The van der Waals surface area contributed by atoms with Gasteiger partial charge in [-0.2, -0.15) is 13.2 Å². The van der Waals surface area contributed by atoms with Crippen LogP contribution in [0.25, 0.3) is 0 Å². The van der Waals surface area contributed by atoms with Gasteiger partial charge >= 0.3 is 6.18 Å². The SMILES string of the molecule is CCCNc1c(F)cc(C(=O)NCCC(F)(F)F)cc1F. The number of alkyl halides is 3. The molecule has 1 aromatic carbocycles. The number of rotatable bonds is 6. The van der Waals surface area contributed by atoms with E-state index in [4.69, 9.17) is 0 Å². The molecule has 0 unspecified atom stereocenters. The fourth-order valence-electron chi connectivity index (χ4n) is 1.54. The maximum atomic E-state index is 13.6. The molecule has 118 valence electrons. The molecule has 3 nitrogen and oxygen atoms in total. The first-order valence-corrected chi connectivity index (χ1v) is 6.32. The molecule has 0 saturated carbocycles. The van der Waals surface area contributed by atoms with Crippen molar-refractivity contribution in [2.24, 2.45) is 0 Å². The summed E-state index contributed by atoms with van der Waals surface area (Å²) in [6, 6.07) is 1.56. The molecule has 0 saturated heterocycles. The molecule has 0 spiro atoms. The average Bonchev–Trinajstić information content (AvgIpc) is 2.36. The molecule has 0 bridgehead atoms. The van der Waals surface area contributed by atoms with Gasteiger partial charge in [-0.3, -0.25) is 4.79 Å². The van der Waals surface area contributed by atoms with Crippen LogP contribution in [0.5, 0.6) is 0 Å². The number of amides is 1. The molecule has 0 heterocycles. The molecule has 1 aromatic rings. The van der Waals surface area contributed by atoms with Gasteiger partial charge in [0.1, 0.15) is 17.3 Å². The van der Waals surface area contributed by atoms with E-state index in [1.165, 1.54) is 0 Å². The molecule has 1 rings (SSSR count). The number of carbonyl (C=O) groups is 1. The Labute approximate surface area is 118 Å². The summed E-state index contributed by atoms with van der Waals surface area (Å²) < 4.78 is 63.1. The van der Waals surface area contributed by atoms with Crippen LogP contribution in [0, 0.1) is 11.6 Å². The zero-order valence-electron chi connectivity index (χ0n) is 11.3. The van der Waals surface area contributed by atoms with Crippen LogP contribution in [-0.4, -0.2) is 25.2 Å². The topological polar surface area (TPSA) is 41.1 Å². The number of anilines is 1. The Bertz CT molecular complexity index is 479.